The van der Waals surface area contributed by atoms with E-state index >= 15 is 0 Å². The highest BCUT2D eigenvalue weighted by atomic mass is 19.3. The lowest BCUT2D eigenvalue weighted by Gasteiger charge is -2.36. The number of benzene rings is 1. The predicted octanol–water partition coefficient (Wildman–Crippen LogP) is 6.53. The Bertz CT molecular complexity index is 822. The van der Waals surface area contributed by atoms with Gasteiger partial charge in [0.05, 0.1) is 5.69 Å². The van der Waals surface area contributed by atoms with Crippen LogP contribution in [0.25, 0.3) is 11.3 Å². The van der Waals surface area contributed by atoms with Crippen molar-refractivity contribution in [2.24, 2.45) is 5.92 Å². The molecule has 0 amide bonds. The van der Waals surface area contributed by atoms with Crippen molar-refractivity contribution in [3.05, 3.63) is 53.2 Å². The van der Waals surface area contributed by atoms with Crippen LogP contribution >= 0.6 is 0 Å². The lowest BCUT2D eigenvalue weighted by molar-refractivity contribution is -0.0992. The Labute approximate surface area is 169 Å². The smallest absolute Gasteiger partial charge is 0.251 e. The molecule has 3 rings (SSSR count). The van der Waals surface area contributed by atoms with Crippen molar-refractivity contribution >= 4 is 0 Å². The summed E-state index contributed by atoms with van der Waals surface area (Å²) in [6.07, 6.45) is 3.97. The minimum absolute atomic E-state index is 0.0266. The van der Waals surface area contributed by atoms with E-state index in [2.05, 4.69) is 11.9 Å². The number of methoxy groups -OCH3 is 1. The first-order chi connectivity index (χ1) is 13.9. The maximum atomic E-state index is 14.8. The first-order valence-corrected chi connectivity index (χ1v) is 10.2. The number of halogens is 4. The van der Waals surface area contributed by atoms with Gasteiger partial charge in [-0.2, -0.15) is 0 Å². The van der Waals surface area contributed by atoms with Crippen molar-refractivity contribution in [1.82, 2.24) is 4.98 Å². The fourth-order valence-electron chi connectivity index (χ4n) is 4.19. The number of nitrogens with zero attached hydrogens (tertiary/aromatic N) is 1. The van der Waals surface area contributed by atoms with Crippen LogP contribution in [0.5, 0.6) is 0 Å². The van der Waals surface area contributed by atoms with Crippen LogP contribution in [0.3, 0.4) is 0 Å². The van der Waals surface area contributed by atoms with E-state index in [9.17, 15) is 17.6 Å². The third kappa shape index (κ3) is 4.80. The first kappa shape index (κ1) is 21.8. The molecule has 1 aliphatic carbocycles. The molecule has 0 radical (unpaired) electrons. The highest BCUT2D eigenvalue weighted by Gasteiger charge is 2.45. The summed E-state index contributed by atoms with van der Waals surface area (Å²) in [5.74, 6) is -6.47. The molecule has 2 unspecified atom stereocenters. The third-order valence-corrected chi connectivity index (χ3v) is 5.84. The van der Waals surface area contributed by atoms with Gasteiger partial charge in [-0.15, -0.1) is 0 Å². The summed E-state index contributed by atoms with van der Waals surface area (Å²) in [6.45, 7) is 2.32. The number of hydrogen-bond acceptors (Lipinski definition) is 2. The molecule has 0 spiro atoms. The van der Waals surface area contributed by atoms with E-state index in [1.165, 1.54) is 19.2 Å². The van der Waals surface area contributed by atoms with E-state index in [1.54, 1.807) is 12.3 Å². The molecule has 2 nitrogen and oxygen atoms in total. The summed E-state index contributed by atoms with van der Waals surface area (Å²) in [5, 5.41) is 0. The largest absolute Gasteiger partial charge is 0.385 e. The first-order valence-electron chi connectivity index (χ1n) is 10.2. The van der Waals surface area contributed by atoms with Gasteiger partial charge in [-0.25, -0.2) is 17.6 Å². The molecule has 0 N–H and O–H groups in total. The number of pyridine rings is 1. The molecule has 29 heavy (non-hydrogen) atoms. The van der Waals surface area contributed by atoms with Gasteiger partial charge in [0, 0.05) is 37.8 Å². The molecule has 1 aliphatic rings. The van der Waals surface area contributed by atoms with Crippen LogP contribution in [-0.4, -0.2) is 24.6 Å². The van der Waals surface area contributed by atoms with Crippen LogP contribution in [0.4, 0.5) is 17.6 Å². The molecule has 158 valence electrons. The molecule has 1 saturated carbocycles. The van der Waals surface area contributed by atoms with Gasteiger partial charge >= 0.3 is 0 Å². The van der Waals surface area contributed by atoms with Crippen molar-refractivity contribution in [2.75, 3.05) is 13.7 Å². The number of hydrogen-bond donors (Lipinski definition) is 0. The summed E-state index contributed by atoms with van der Waals surface area (Å²) in [7, 11) is 1.48. The zero-order chi connectivity index (χ0) is 21.0. The highest BCUT2D eigenvalue weighted by Crippen LogP contribution is 2.47. The van der Waals surface area contributed by atoms with Crippen LogP contribution in [0.15, 0.2) is 30.5 Å². The molecular formula is C23H27F4NO. The Kier molecular flexibility index (Phi) is 6.93. The van der Waals surface area contributed by atoms with Gasteiger partial charge in [0.25, 0.3) is 5.92 Å². The van der Waals surface area contributed by atoms with Crippen molar-refractivity contribution in [1.29, 1.82) is 0 Å². The molecule has 6 heteroatoms. The fraction of sp³-hybridized carbons (Fsp3) is 0.522. The standard InChI is InChI=1S/C23H27F4NO/c1-3-4-15-5-10-20(28-14-15)19-9-8-18(21(24)22(19)25)16-6-7-17(11-12-29-2)23(26,27)13-16/h5,8-10,14,16-17H,3-4,6-7,11-13H2,1-2H3. The second-order valence-electron chi connectivity index (χ2n) is 7.85. The third-order valence-electron chi connectivity index (χ3n) is 5.84. The normalized spacial score (nSPS) is 21.3. The summed E-state index contributed by atoms with van der Waals surface area (Å²) in [6, 6.07) is 6.40. The zero-order valence-corrected chi connectivity index (χ0v) is 16.9. The Morgan fingerprint density at radius 2 is 1.90 bits per heavy atom. The van der Waals surface area contributed by atoms with Crippen LogP contribution in [-0.2, 0) is 11.2 Å². The van der Waals surface area contributed by atoms with Gasteiger partial charge in [-0.3, -0.25) is 4.98 Å². The Balaban J connectivity index is 1.81. The molecular weight excluding hydrogens is 382 g/mol. The summed E-state index contributed by atoms with van der Waals surface area (Å²) in [4.78, 5) is 4.23. The Morgan fingerprint density at radius 1 is 1.10 bits per heavy atom. The molecule has 2 atom stereocenters. The van der Waals surface area contributed by atoms with E-state index < -0.39 is 35.8 Å². The van der Waals surface area contributed by atoms with Crippen LogP contribution < -0.4 is 0 Å². The van der Waals surface area contributed by atoms with Crippen LogP contribution in [0, 0.1) is 17.6 Å². The highest BCUT2D eigenvalue weighted by molar-refractivity contribution is 5.61. The van der Waals surface area contributed by atoms with Crippen molar-refractivity contribution < 1.29 is 22.3 Å². The Morgan fingerprint density at radius 3 is 2.52 bits per heavy atom. The van der Waals surface area contributed by atoms with Gasteiger partial charge in [0.15, 0.2) is 11.6 Å². The number of aryl methyl sites for hydroxylation is 1. The molecule has 0 bridgehead atoms. The monoisotopic (exact) mass is 409 g/mol. The second-order valence-corrected chi connectivity index (χ2v) is 7.85. The molecule has 1 aromatic heterocycles. The van der Waals surface area contributed by atoms with Gasteiger partial charge in [-0.1, -0.05) is 25.5 Å². The number of aromatic nitrogens is 1. The second kappa shape index (κ2) is 9.24. The summed E-state index contributed by atoms with van der Waals surface area (Å²) in [5.41, 5.74) is 1.44. The molecule has 2 aromatic rings. The lowest BCUT2D eigenvalue weighted by atomic mass is 9.75. The molecule has 1 aromatic carbocycles. The van der Waals surface area contributed by atoms with E-state index in [-0.39, 0.29) is 30.6 Å². The molecule has 1 heterocycles. The van der Waals surface area contributed by atoms with Crippen LogP contribution in [0.2, 0.25) is 0 Å². The zero-order valence-electron chi connectivity index (χ0n) is 16.9. The summed E-state index contributed by atoms with van der Waals surface area (Å²) < 4.78 is 63.5. The average Bonchev–Trinajstić information content (AvgIpc) is 2.69. The van der Waals surface area contributed by atoms with Crippen molar-refractivity contribution in [3.8, 4) is 11.3 Å². The molecule has 1 fully saturated rings. The number of rotatable bonds is 7. The maximum Gasteiger partial charge on any atom is 0.251 e. The number of alkyl halides is 2. The van der Waals surface area contributed by atoms with Gasteiger partial charge in [-0.05, 0) is 54.9 Å². The SMILES string of the molecule is CCCc1ccc(-c2ccc(C3CCC(CCOC)C(F)(F)C3)c(F)c2F)nc1. The number of ether oxygens (including phenoxy) is 1. The van der Waals surface area contributed by atoms with Crippen molar-refractivity contribution in [2.45, 2.75) is 57.3 Å². The van der Waals surface area contributed by atoms with Gasteiger partial charge in [0.1, 0.15) is 0 Å². The minimum Gasteiger partial charge on any atom is -0.385 e. The van der Waals surface area contributed by atoms with Gasteiger partial charge < -0.3 is 4.74 Å². The van der Waals surface area contributed by atoms with E-state index in [1.807, 2.05) is 6.07 Å². The maximum absolute atomic E-state index is 14.8. The summed E-state index contributed by atoms with van der Waals surface area (Å²) >= 11 is 0. The fourth-order valence-corrected chi connectivity index (χ4v) is 4.19. The average molecular weight is 409 g/mol. The lowest BCUT2D eigenvalue weighted by Crippen LogP contribution is -2.36. The quantitative estimate of drug-likeness (QED) is 0.485. The van der Waals surface area contributed by atoms with Crippen molar-refractivity contribution in [3.63, 3.8) is 0 Å². The molecule has 0 saturated heterocycles. The van der Waals surface area contributed by atoms with E-state index in [0.29, 0.717) is 12.1 Å². The minimum atomic E-state index is -2.92. The van der Waals surface area contributed by atoms with E-state index in [0.717, 1.165) is 18.4 Å². The topological polar surface area (TPSA) is 22.1 Å². The Hall–Kier alpha value is -1.95. The predicted molar refractivity (Wildman–Crippen MR) is 105 cm³/mol. The van der Waals surface area contributed by atoms with E-state index in [4.69, 9.17) is 4.74 Å². The molecule has 0 aliphatic heterocycles. The van der Waals surface area contributed by atoms with Crippen LogP contribution in [0.1, 0.15) is 56.1 Å². The van der Waals surface area contributed by atoms with Gasteiger partial charge in [0.2, 0.25) is 0 Å².